The van der Waals surface area contributed by atoms with Gasteiger partial charge in [0.1, 0.15) is 0 Å². The van der Waals surface area contributed by atoms with E-state index in [-0.39, 0.29) is 53.5 Å². The number of benzene rings is 3. The Labute approximate surface area is 313 Å². The first-order chi connectivity index (χ1) is 25.1. The van der Waals surface area contributed by atoms with E-state index in [4.69, 9.17) is 9.72 Å². The van der Waals surface area contributed by atoms with Crippen molar-refractivity contribution in [1.29, 1.82) is 0 Å². The molecule has 0 aliphatic carbocycles. The quantitative estimate of drug-likeness (QED) is 0.0776. The number of hydrogen-bond donors (Lipinski definition) is 5. The van der Waals surface area contributed by atoms with Crippen LogP contribution in [0.2, 0.25) is 0 Å². The fourth-order valence-corrected chi connectivity index (χ4v) is 9.80. The van der Waals surface area contributed by atoms with Crippen LogP contribution in [0.5, 0.6) is 0 Å². The van der Waals surface area contributed by atoms with Gasteiger partial charge in [-0.2, -0.15) is 16.1 Å². The summed E-state index contributed by atoms with van der Waals surface area (Å²) in [6.45, 7) is 1.25. The van der Waals surface area contributed by atoms with Crippen LogP contribution in [0.3, 0.4) is 0 Å². The number of sulfonamides is 1. The summed E-state index contributed by atoms with van der Waals surface area (Å²) < 4.78 is 33.4. The molecule has 0 saturated carbocycles. The Balaban J connectivity index is 0.964. The van der Waals surface area contributed by atoms with Crippen LogP contribution in [-0.4, -0.2) is 89.9 Å². The SMILES string of the molecule is O=C(CCCC[C@@H]1SC[C@@H]2NC(=O)N[C@@H]21)Nc1ccc(-c2nc(NNC(=O)c3ccc(S(=O)(=O)N4CCOCC4)cc3)nc3ccc(Br)cc23)cc1. The molecular formula is C35H37BrN8O6S2. The number of halogens is 1. The van der Waals surface area contributed by atoms with E-state index in [1.54, 1.807) is 0 Å². The number of aromatic nitrogens is 2. The number of carbonyl (C=O) groups excluding carboxylic acids is 3. The zero-order valence-corrected chi connectivity index (χ0v) is 31.2. The highest BCUT2D eigenvalue weighted by atomic mass is 79.9. The number of carbonyl (C=O) groups is 3. The van der Waals surface area contributed by atoms with Crippen molar-refractivity contribution in [2.45, 2.75) is 47.9 Å². The second-order valence-corrected chi connectivity index (χ2v) is 16.8. The molecule has 0 bridgehead atoms. The molecule has 17 heteroatoms. The van der Waals surface area contributed by atoms with Crippen LogP contribution in [0.1, 0.15) is 36.0 Å². The number of ether oxygens (including phenoxy) is 1. The van der Waals surface area contributed by atoms with Gasteiger partial charge < -0.3 is 20.7 Å². The summed E-state index contributed by atoms with van der Waals surface area (Å²) in [7, 11) is -3.69. The molecule has 3 aromatic carbocycles. The third kappa shape index (κ3) is 8.18. The minimum Gasteiger partial charge on any atom is -0.379 e. The van der Waals surface area contributed by atoms with Gasteiger partial charge in [-0.3, -0.25) is 20.4 Å². The summed E-state index contributed by atoms with van der Waals surface area (Å²) >= 11 is 5.40. The van der Waals surface area contributed by atoms with Gasteiger partial charge in [-0.1, -0.05) is 34.5 Å². The molecule has 3 aliphatic heterocycles. The number of thioether (sulfide) groups is 1. The van der Waals surface area contributed by atoms with Gasteiger partial charge in [0.05, 0.1) is 41.4 Å². The van der Waals surface area contributed by atoms with Crippen LogP contribution >= 0.6 is 27.7 Å². The molecule has 0 spiro atoms. The van der Waals surface area contributed by atoms with Crippen LogP contribution in [0.15, 0.2) is 76.1 Å². The first kappa shape index (κ1) is 36.1. The molecule has 3 fully saturated rings. The monoisotopic (exact) mass is 808 g/mol. The number of amides is 4. The van der Waals surface area contributed by atoms with E-state index in [1.165, 1.54) is 28.6 Å². The van der Waals surface area contributed by atoms with Crippen molar-refractivity contribution in [2.24, 2.45) is 0 Å². The summed E-state index contributed by atoms with van der Waals surface area (Å²) in [6, 6.07) is 19.0. The summed E-state index contributed by atoms with van der Waals surface area (Å²) in [5.74, 6) is 0.513. The number of morpholine rings is 1. The molecule has 3 aliphatic rings. The Morgan fingerprint density at radius 2 is 1.75 bits per heavy atom. The number of nitrogens with zero attached hydrogens (tertiary/aromatic N) is 3. The van der Waals surface area contributed by atoms with E-state index in [9.17, 15) is 22.8 Å². The molecule has 4 aromatic rings. The Morgan fingerprint density at radius 3 is 2.52 bits per heavy atom. The number of rotatable bonds is 12. The number of hydrazine groups is 1. The molecule has 272 valence electrons. The van der Waals surface area contributed by atoms with Crippen LogP contribution in [0.4, 0.5) is 16.4 Å². The lowest BCUT2D eigenvalue weighted by Gasteiger charge is -2.26. The lowest BCUT2D eigenvalue weighted by molar-refractivity contribution is -0.116. The van der Waals surface area contributed by atoms with E-state index in [0.29, 0.717) is 41.8 Å². The largest absolute Gasteiger partial charge is 0.379 e. The summed E-state index contributed by atoms with van der Waals surface area (Å²) in [5, 5.41) is 10.1. The van der Waals surface area contributed by atoms with Gasteiger partial charge in [0, 0.05) is 57.2 Å². The summed E-state index contributed by atoms with van der Waals surface area (Å²) in [5.41, 5.74) is 8.33. The smallest absolute Gasteiger partial charge is 0.315 e. The Hall–Kier alpha value is -4.29. The maximum atomic E-state index is 13.0. The number of anilines is 2. The van der Waals surface area contributed by atoms with Crippen molar-refractivity contribution in [3.8, 4) is 11.3 Å². The first-order valence-corrected chi connectivity index (χ1v) is 20.2. The maximum absolute atomic E-state index is 13.0. The van der Waals surface area contributed by atoms with Crippen molar-refractivity contribution in [2.75, 3.05) is 42.8 Å². The first-order valence-electron chi connectivity index (χ1n) is 16.9. The van der Waals surface area contributed by atoms with Crippen LogP contribution in [0.25, 0.3) is 22.2 Å². The Kier molecular flexibility index (Phi) is 10.9. The van der Waals surface area contributed by atoms with Crippen LogP contribution in [-0.2, 0) is 19.6 Å². The van der Waals surface area contributed by atoms with Crippen LogP contribution < -0.4 is 26.8 Å². The molecule has 3 atom stereocenters. The molecule has 0 radical (unpaired) electrons. The zero-order valence-electron chi connectivity index (χ0n) is 27.9. The summed E-state index contributed by atoms with van der Waals surface area (Å²) in [4.78, 5) is 46.7. The van der Waals surface area contributed by atoms with Crippen LogP contribution in [0, 0.1) is 0 Å². The molecule has 52 heavy (non-hydrogen) atoms. The topological polar surface area (TPSA) is 184 Å². The van der Waals surface area contributed by atoms with Crippen molar-refractivity contribution in [3.05, 3.63) is 76.8 Å². The van der Waals surface area contributed by atoms with Gasteiger partial charge in [0.15, 0.2) is 0 Å². The van der Waals surface area contributed by atoms with E-state index >= 15 is 0 Å². The minimum atomic E-state index is -3.69. The molecule has 3 saturated heterocycles. The predicted molar refractivity (Wildman–Crippen MR) is 202 cm³/mol. The second-order valence-electron chi connectivity index (χ2n) is 12.7. The van der Waals surface area contributed by atoms with Gasteiger partial charge in [-0.05, 0) is 67.4 Å². The number of unbranched alkanes of at least 4 members (excludes halogenated alkanes) is 1. The van der Waals surface area contributed by atoms with E-state index in [1.807, 2.05) is 54.2 Å². The molecule has 4 amide bonds. The van der Waals surface area contributed by atoms with Crippen molar-refractivity contribution in [1.82, 2.24) is 30.3 Å². The van der Waals surface area contributed by atoms with E-state index < -0.39 is 15.9 Å². The van der Waals surface area contributed by atoms with Crippen molar-refractivity contribution < 1.29 is 27.5 Å². The van der Waals surface area contributed by atoms with E-state index in [2.05, 4.69) is 47.7 Å². The molecule has 0 unspecified atom stereocenters. The lowest BCUT2D eigenvalue weighted by Crippen LogP contribution is -2.40. The molecule has 5 N–H and O–H groups in total. The van der Waals surface area contributed by atoms with Gasteiger partial charge >= 0.3 is 6.03 Å². The normalized spacial score (nSPS) is 20.2. The number of nitrogens with one attached hydrogen (secondary N) is 5. The summed E-state index contributed by atoms with van der Waals surface area (Å²) in [6.07, 6.45) is 3.02. The maximum Gasteiger partial charge on any atom is 0.315 e. The molecular weight excluding hydrogens is 772 g/mol. The van der Waals surface area contributed by atoms with Crippen molar-refractivity contribution in [3.63, 3.8) is 0 Å². The second kappa shape index (κ2) is 15.8. The fourth-order valence-electron chi connectivity index (χ4n) is 6.48. The van der Waals surface area contributed by atoms with Gasteiger partial charge in [-0.25, -0.2) is 23.2 Å². The third-order valence-corrected chi connectivity index (χ3v) is 13.1. The van der Waals surface area contributed by atoms with Gasteiger partial charge in [-0.15, -0.1) is 0 Å². The van der Waals surface area contributed by atoms with Gasteiger partial charge in [0.2, 0.25) is 21.9 Å². The highest BCUT2D eigenvalue weighted by Gasteiger charge is 2.42. The standard InChI is InChI=1S/C35H37BrN8O6S2/c36-23-9-14-27-26(19-23)31(21-5-10-24(11-6-21)37-30(45)4-2-1-3-29-32-28(20-51-29)39-35(47)41-32)40-34(38-27)43-42-33(46)22-7-12-25(13-8-22)52(48,49)44-15-17-50-18-16-44/h5-14,19,28-29,32H,1-4,15-18,20H2,(H,37,45)(H,42,46)(H,38,40,43)(H2,39,41,47)/t28-,29-,32-/m0/s1. The lowest BCUT2D eigenvalue weighted by atomic mass is 10.0. The molecule has 1 aromatic heterocycles. The molecule has 4 heterocycles. The van der Waals surface area contributed by atoms with Gasteiger partial charge in [0.25, 0.3) is 5.91 Å². The van der Waals surface area contributed by atoms with Crippen molar-refractivity contribution >= 4 is 78.1 Å². The number of hydrogen-bond acceptors (Lipinski definition) is 10. The van der Waals surface area contributed by atoms with E-state index in [0.717, 1.165) is 40.4 Å². The molecule has 7 rings (SSSR count). The number of fused-ring (bicyclic) bond motifs is 2. The average molecular weight is 810 g/mol. The highest BCUT2D eigenvalue weighted by molar-refractivity contribution is 9.10. The number of urea groups is 1. The third-order valence-electron chi connectivity index (χ3n) is 9.19. The Morgan fingerprint density at radius 1 is 0.981 bits per heavy atom. The highest BCUT2D eigenvalue weighted by Crippen LogP contribution is 2.34. The zero-order chi connectivity index (χ0) is 36.2. The minimum absolute atomic E-state index is 0.0625. The Bertz CT molecular complexity index is 2080. The molecule has 14 nitrogen and oxygen atoms in total. The average Bonchev–Trinajstić information content (AvgIpc) is 3.71. The fraction of sp³-hybridized carbons (Fsp3) is 0.343. The predicted octanol–water partition coefficient (Wildman–Crippen LogP) is 4.50.